The van der Waals surface area contributed by atoms with Gasteiger partial charge in [-0.2, -0.15) is 0 Å². The third-order valence-electron chi connectivity index (χ3n) is 4.96. The van der Waals surface area contributed by atoms with Gasteiger partial charge >= 0.3 is 0 Å². The molecular formula is C18H27N3O2. The van der Waals surface area contributed by atoms with Gasteiger partial charge < -0.3 is 9.64 Å². The highest BCUT2D eigenvalue weighted by Gasteiger charge is 2.41. The molecule has 2 aliphatic heterocycles. The second-order valence-electron chi connectivity index (χ2n) is 7.33. The average Bonchev–Trinajstić information content (AvgIpc) is 3.05. The molecule has 2 atom stereocenters. The highest BCUT2D eigenvalue weighted by Crippen LogP contribution is 2.35. The summed E-state index contributed by atoms with van der Waals surface area (Å²) >= 11 is 0. The van der Waals surface area contributed by atoms with Crippen LogP contribution < -0.4 is 0 Å². The summed E-state index contributed by atoms with van der Waals surface area (Å²) in [4.78, 5) is 21.5. The van der Waals surface area contributed by atoms with E-state index in [-0.39, 0.29) is 11.3 Å². The van der Waals surface area contributed by atoms with Crippen molar-refractivity contribution in [3.8, 4) is 0 Å². The number of nitrogens with zero attached hydrogens (tertiary/aromatic N) is 3. The van der Waals surface area contributed by atoms with Gasteiger partial charge in [0.1, 0.15) is 0 Å². The number of rotatable bonds is 5. The lowest BCUT2D eigenvalue weighted by atomic mass is 9.91. The Morgan fingerprint density at radius 1 is 1.43 bits per heavy atom. The van der Waals surface area contributed by atoms with Gasteiger partial charge in [-0.3, -0.25) is 14.7 Å². The summed E-state index contributed by atoms with van der Waals surface area (Å²) in [7, 11) is 1.71. The van der Waals surface area contributed by atoms with Gasteiger partial charge in [0.05, 0.1) is 25.0 Å². The molecule has 2 saturated heterocycles. The van der Waals surface area contributed by atoms with Crippen molar-refractivity contribution >= 4 is 5.91 Å². The zero-order chi connectivity index (χ0) is 16.4. The first-order chi connectivity index (χ1) is 11.0. The molecule has 0 spiro atoms. The number of amides is 1. The van der Waals surface area contributed by atoms with E-state index in [1.165, 1.54) is 0 Å². The van der Waals surface area contributed by atoms with Crippen molar-refractivity contribution in [1.82, 2.24) is 14.8 Å². The lowest BCUT2D eigenvalue weighted by molar-refractivity contribution is -0.129. The zero-order valence-electron chi connectivity index (χ0n) is 14.4. The molecule has 5 heteroatoms. The van der Waals surface area contributed by atoms with Crippen LogP contribution in [0.4, 0.5) is 0 Å². The lowest BCUT2D eigenvalue weighted by Gasteiger charge is -2.30. The van der Waals surface area contributed by atoms with Crippen LogP contribution in [0.2, 0.25) is 0 Å². The van der Waals surface area contributed by atoms with Crippen LogP contribution in [0.1, 0.15) is 43.6 Å². The summed E-state index contributed by atoms with van der Waals surface area (Å²) in [6.45, 7) is 7.33. The fourth-order valence-electron chi connectivity index (χ4n) is 3.96. The van der Waals surface area contributed by atoms with E-state index in [0.717, 1.165) is 37.3 Å². The Hall–Kier alpha value is -1.46. The third-order valence-corrected chi connectivity index (χ3v) is 4.96. The minimum atomic E-state index is -0.0529. The van der Waals surface area contributed by atoms with Crippen molar-refractivity contribution < 1.29 is 9.53 Å². The van der Waals surface area contributed by atoms with Gasteiger partial charge in [-0.1, -0.05) is 13.0 Å². The van der Waals surface area contributed by atoms with Crippen LogP contribution in [0.15, 0.2) is 18.2 Å². The lowest BCUT2D eigenvalue weighted by Crippen LogP contribution is -2.39. The van der Waals surface area contributed by atoms with Crippen LogP contribution >= 0.6 is 0 Å². The quantitative estimate of drug-likeness (QED) is 0.836. The van der Waals surface area contributed by atoms with Gasteiger partial charge in [0.2, 0.25) is 5.91 Å². The number of aryl methyl sites for hydroxylation is 1. The molecule has 1 aromatic heterocycles. The van der Waals surface area contributed by atoms with Gasteiger partial charge in [0.25, 0.3) is 0 Å². The third kappa shape index (κ3) is 3.56. The number of methoxy groups -OCH3 is 1. The van der Waals surface area contributed by atoms with E-state index in [1.54, 1.807) is 7.11 Å². The molecule has 126 valence electrons. The molecule has 0 N–H and O–H groups in total. The Bertz CT molecular complexity index is 577. The maximum absolute atomic E-state index is 12.4. The molecular weight excluding hydrogens is 290 g/mol. The highest BCUT2D eigenvalue weighted by molar-refractivity contribution is 5.79. The first-order valence-corrected chi connectivity index (χ1v) is 8.45. The van der Waals surface area contributed by atoms with E-state index >= 15 is 0 Å². The fourth-order valence-corrected chi connectivity index (χ4v) is 3.96. The monoisotopic (exact) mass is 317 g/mol. The number of aromatic nitrogens is 1. The van der Waals surface area contributed by atoms with Crippen LogP contribution in [-0.2, 0) is 9.53 Å². The largest absolute Gasteiger partial charge is 0.384 e. The first-order valence-electron chi connectivity index (χ1n) is 8.45. The summed E-state index contributed by atoms with van der Waals surface area (Å²) in [6, 6.07) is 6.54. The van der Waals surface area contributed by atoms with Crippen LogP contribution in [0.3, 0.4) is 0 Å². The van der Waals surface area contributed by atoms with E-state index in [4.69, 9.17) is 9.72 Å². The summed E-state index contributed by atoms with van der Waals surface area (Å²) in [5.74, 6) is 0.243. The summed E-state index contributed by atoms with van der Waals surface area (Å²) in [6.07, 6.45) is 2.87. The Labute approximate surface area is 138 Å². The van der Waals surface area contributed by atoms with Gasteiger partial charge in [-0.05, 0) is 31.9 Å². The van der Waals surface area contributed by atoms with Crippen molar-refractivity contribution in [3.05, 3.63) is 29.6 Å². The molecule has 1 aromatic rings. The van der Waals surface area contributed by atoms with Gasteiger partial charge in [0.15, 0.2) is 0 Å². The van der Waals surface area contributed by atoms with Crippen molar-refractivity contribution in [2.45, 2.75) is 39.2 Å². The number of carbonyl (C=O) groups is 1. The Morgan fingerprint density at radius 3 is 3.00 bits per heavy atom. The summed E-state index contributed by atoms with van der Waals surface area (Å²) in [5.41, 5.74) is 2.14. The Morgan fingerprint density at radius 2 is 2.26 bits per heavy atom. The van der Waals surface area contributed by atoms with E-state index in [1.807, 2.05) is 17.9 Å². The number of pyridine rings is 1. The second-order valence-corrected chi connectivity index (χ2v) is 7.33. The second kappa shape index (κ2) is 6.57. The predicted octanol–water partition coefficient (Wildman–Crippen LogP) is 2.37. The maximum atomic E-state index is 12.4. The van der Waals surface area contributed by atoms with Crippen molar-refractivity contribution in [3.63, 3.8) is 0 Å². The zero-order valence-corrected chi connectivity index (χ0v) is 14.4. The summed E-state index contributed by atoms with van der Waals surface area (Å²) < 4.78 is 5.30. The molecule has 0 saturated carbocycles. The minimum absolute atomic E-state index is 0.0529. The molecule has 2 fully saturated rings. The number of hydrogen-bond acceptors (Lipinski definition) is 4. The molecule has 0 radical (unpaired) electrons. The molecule has 0 aromatic carbocycles. The van der Waals surface area contributed by atoms with Crippen molar-refractivity contribution in [2.24, 2.45) is 5.41 Å². The van der Waals surface area contributed by atoms with Crippen LogP contribution in [0.25, 0.3) is 0 Å². The predicted molar refractivity (Wildman–Crippen MR) is 88.8 cm³/mol. The SMILES string of the molecule is COC[C@]1(C)CC(=O)N(CN2CCC[C@H]2c2cccc(C)n2)C1. The highest BCUT2D eigenvalue weighted by atomic mass is 16.5. The fraction of sp³-hybridized carbons (Fsp3) is 0.667. The molecule has 23 heavy (non-hydrogen) atoms. The minimum Gasteiger partial charge on any atom is -0.384 e. The van der Waals surface area contributed by atoms with E-state index in [2.05, 4.69) is 24.0 Å². The Kier molecular flexibility index (Phi) is 4.69. The van der Waals surface area contributed by atoms with Gasteiger partial charge in [-0.25, -0.2) is 0 Å². The molecule has 1 amide bonds. The van der Waals surface area contributed by atoms with Gasteiger partial charge in [0, 0.05) is 37.7 Å². The number of likely N-dealkylation sites (tertiary alicyclic amines) is 2. The van der Waals surface area contributed by atoms with Crippen LogP contribution in [-0.4, -0.2) is 54.2 Å². The van der Waals surface area contributed by atoms with Gasteiger partial charge in [-0.15, -0.1) is 0 Å². The topological polar surface area (TPSA) is 45.7 Å². The van der Waals surface area contributed by atoms with Crippen LogP contribution in [0.5, 0.6) is 0 Å². The average molecular weight is 317 g/mol. The number of ether oxygens (including phenoxy) is 1. The van der Waals surface area contributed by atoms with Crippen molar-refractivity contribution in [2.75, 3.05) is 33.5 Å². The molecule has 0 bridgehead atoms. The number of carbonyl (C=O) groups excluding carboxylic acids is 1. The van der Waals surface area contributed by atoms with Crippen LogP contribution in [0, 0.1) is 12.3 Å². The van der Waals surface area contributed by atoms with E-state index < -0.39 is 0 Å². The molecule has 3 heterocycles. The normalized spacial score (nSPS) is 28.7. The van der Waals surface area contributed by atoms with E-state index in [9.17, 15) is 4.79 Å². The maximum Gasteiger partial charge on any atom is 0.224 e. The smallest absolute Gasteiger partial charge is 0.224 e. The summed E-state index contributed by atoms with van der Waals surface area (Å²) in [5, 5.41) is 0. The molecule has 3 rings (SSSR count). The van der Waals surface area contributed by atoms with E-state index in [0.29, 0.717) is 25.7 Å². The Balaban J connectivity index is 1.68. The number of hydrogen-bond donors (Lipinski definition) is 0. The molecule has 5 nitrogen and oxygen atoms in total. The van der Waals surface area contributed by atoms with Crippen molar-refractivity contribution in [1.29, 1.82) is 0 Å². The molecule has 2 aliphatic rings. The first kappa shape index (κ1) is 16.4. The molecule has 0 unspecified atom stereocenters. The standard InChI is InChI=1S/C18H27N3O2/c1-14-6-4-7-15(19-14)16-8-5-9-20(16)13-21-11-18(2,12-23-3)10-17(21)22/h4,6-7,16H,5,8-13H2,1-3H3/t16-,18+/m0/s1. The molecule has 0 aliphatic carbocycles.